The van der Waals surface area contributed by atoms with Gasteiger partial charge in [0.05, 0.1) is 11.4 Å². The molecule has 0 N–H and O–H groups in total. The number of piperidine rings is 1. The SMILES string of the molecule is CCn1nc2c(c1-c1ccc(CN3CCCCC3)cc1)CCCC2. The number of benzene rings is 1. The Labute approximate surface area is 145 Å². The second-order valence-electron chi connectivity index (χ2n) is 7.33. The fourth-order valence-electron chi connectivity index (χ4n) is 4.30. The summed E-state index contributed by atoms with van der Waals surface area (Å²) < 4.78 is 2.22. The Bertz CT molecular complexity index is 678. The molecule has 1 fully saturated rings. The minimum atomic E-state index is 0.956. The molecule has 0 radical (unpaired) electrons. The number of rotatable bonds is 4. The molecular weight excluding hydrogens is 294 g/mol. The molecule has 1 aromatic carbocycles. The van der Waals surface area contributed by atoms with Crippen LogP contribution in [0.5, 0.6) is 0 Å². The standard InChI is InChI=1S/C21H29N3/c1-2-24-21(19-8-4-5-9-20(19)22-24)18-12-10-17(11-13-18)16-23-14-6-3-7-15-23/h10-13H,2-9,14-16H2,1H3. The summed E-state index contributed by atoms with van der Waals surface area (Å²) in [6.45, 7) is 6.78. The number of aromatic nitrogens is 2. The Hall–Kier alpha value is -1.61. The van der Waals surface area contributed by atoms with Gasteiger partial charge in [0.25, 0.3) is 0 Å². The van der Waals surface area contributed by atoms with E-state index in [-0.39, 0.29) is 0 Å². The molecule has 3 nitrogen and oxygen atoms in total. The van der Waals surface area contributed by atoms with Gasteiger partial charge < -0.3 is 0 Å². The summed E-state index contributed by atoms with van der Waals surface area (Å²) in [5, 5.41) is 4.87. The Kier molecular flexibility index (Phi) is 4.70. The molecule has 1 aromatic heterocycles. The highest BCUT2D eigenvalue weighted by molar-refractivity contribution is 5.65. The van der Waals surface area contributed by atoms with E-state index >= 15 is 0 Å². The van der Waals surface area contributed by atoms with E-state index in [2.05, 4.69) is 40.8 Å². The lowest BCUT2D eigenvalue weighted by Gasteiger charge is -2.26. The molecule has 0 saturated carbocycles. The molecule has 3 heteroatoms. The topological polar surface area (TPSA) is 21.1 Å². The average Bonchev–Trinajstić information content (AvgIpc) is 3.02. The number of aryl methyl sites for hydroxylation is 2. The van der Waals surface area contributed by atoms with Gasteiger partial charge >= 0.3 is 0 Å². The monoisotopic (exact) mass is 323 g/mol. The van der Waals surface area contributed by atoms with Crippen molar-refractivity contribution in [2.45, 2.75) is 65.0 Å². The maximum absolute atomic E-state index is 4.87. The van der Waals surface area contributed by atoms with Crippen molar-refractivity contribution in [1.82, 2.24) is 14.7 Å². The van der Waals surface area contributed by atoms with Gasteiger partial charge in [0, 0.05) is 24.2 Å². The second-order valence-corrected chi connectivity index (χ2v) is 7.33. The molecule has 2 aromatic rings. The smallest absolute Gasteiger partial charge is 0.0717 e. The molecule has 0 amide bonds. The molecule has 1 aliphatic heterocycles. The summed E-state index contributed by atoms with van der Waals surface area (Å²) in [5.74, 6) is 0. The third kappa shape index (κ3) is 3.14. The zero-order valence-electron chi connectivity index (χ0n) is 14.9. The van der Waals surface area contributed by atoms with Crippen molar-refractivity contribution in [1.29, 1.82) is 0 Å². The summed E-state index contributed by atoms with van der Waals surface area (Å²) in [5.41, 5.74) is 7.01. The molecule has 0 atom stereocenters. The van der Waals surface area contributed by atoms with Gasteiger partial charge in [-0.25, -0.2) is 0 Å². The Morgan fingerprint density at radius 2 is 1.67 bits per heavy atom. The van der Waals surface area contributed by atoms with Gasteiger partial charge in [-0.15, -0.1) is 0 Å². The van der Waals surface area contributed by atoms with Crippen molar-refractivity contribution in [3.05, 3.63) is 41.1 Å². The first-order valence-corrected chi connectivity index (χ1v) is 9.75. The van der Waals surface area contributed by atoms with Gasteiger partial charge in [0.1, 0.15) is 0 Å². The first-order valence-electron chi connectivity index (χ1n) is 9.75. The Morgan fingerprint density at radius 3 is 2.42 bits per heavy atom. The van der Waals surface area contributed by atoms with Crippen LogP contribution < -0.4 is 0 Å². The predicted octanol–water partition coefficient (Wildman–Crippen LogP) is 4.43. The summed E-state index contributed by atoms with van der Waals surface area (Å²) in [4.78, 5) is 2.59. The average molecular weight is 323 g/mol. The van der Waals surface area contributed by atoms with Crippen molar-refractivity contribution in [2.24, 2.45) is 0 Å². The zero-order valence-corrected chi connectivity index (χ0v) is 14.9. The molecule has 0 unspecified atom stereocenters. The van der Waals surface area contributed by atoms with Crippen molar-refractivity contribution < 1.29 is 0 Å². The van der Waals surface area contributed by atoms with E-state index in [4.69, 9.17) is 5.10 Å². The number of hydrogen-bond acceptors (Lipinski definition) is 2. The van der Waals surface area contributed by atoms with Gasteiger partial charge in [-0.2, -0.15) is 5.10 Å². The molecular formula is C21H29N3. The van der Waals surface area contributed by atoms with Crippen molar-refractivity contribution in [3.63, 3.8) is 0 Å². The van der Waals surface area contributed by atoms with Crippen LogP contribution in [-0.4, -0.2) is 27.8 Å². The lowest BCUT2D eigenvalue weighted by molar-refractivity contribution is 0.221. The van der Waals surface area contributed by atoms with E-state index in [1.54, 1.807) is 0 Å². The van der Waals surface area contributed by atoms with E-state index in [9.17, 15) is 0 Å². The van der Waals surface area contributed by atoms with Crippen LogP contribution >= 0.6 is 0 Å². The molecule has 0 spiro atoms. The first-order chi connectivity index (χ1) is 11.8. The second kappa shape index (κ2) is 7.10. The number of fused-ring (bicyclic) bond motifs is 1. The summed E-state index contributed by atoms with van der Waals surface area (Å²) >= 11 is 0. The maximum atomic E-state index is 4.87. The number of nitrogens with zero attached hydrogens (tertiary/aromatic N) is 3. The Balaban J connectivity index is 1.57. The zero-order chi connectivity index (χ0) is 16.4. The van der Waals surface area contributed by atoms with E-state index in [0.29, 0.717) is 0 Å². The molecule has 4 rings (SSSR count). The summed E-state index contributed by atoms with van der Waals surface area (Å²) in [6.07, 6.45) is 9.08. The molecule has 2 aliphatic rings. The van der Waals surface area contributed by atoms with Crippen molar-refractivity contribution >= 4 is 0 Å². The molecule has 2 heterocycles. The highest BCUT2D eigenvalue weighted by atomic mass is 15.3. The van der Waals surface area contributed by atoms with Crippen LogP contribution in [0.4, 0.5) is 0 Å². The maximum Gasteiger partial charge on any atom is 0.0717 e. The van der Waals surface area contributed by atoms with Crippen molar-refractivity contribution in [2.75, 3.05) is 13.1 Å². The number of likely N-dealkylation sites (tertiary alicyclic amines) is 1. The van der Waals surface area contributed by atoms with Crippen LogP contribution in [0.15, 0.2) is 24.3 Å². The quantitative estimate of drug-likeness (QED) is 0.829. The van der Waals surface area contributed by atoms with Crippen LogP contribution in [0, 0.1) is 0 Å². The van der Waals surface area contributed by atoms with Crippen LogP contribution in [0.25, 0.3) is 11.3 Å². The lowest BCUT2D eigenvalue weighted by atomic mass is 9.93. The molecule has 128 valence electrons. The molecule has 1 aliphatic carbocycles. The van der Waals surface area contributed by atoms with Gasteiger partial charge in [0.15, 0.2) is 0 Å². The van der Waals surface area contributed by atoms with Crippen LogP contribution in [0.3, 0.4) is 0 Å². The van der Waals surface area contributed by atoms with E-state index in [0.717, 1.165) is 19.5 Å². The van der Waals surface area contributed by atoms with Gasteiger partial charge in [-0.05, 0) is 64.1 Å². The van der Waals surface area contributed by atoms with E-state index in [1.807, 2.05) is 0 Å². The Morgan fingerprint density at radius 1 is 0.917 bits per heavy atom. The fraction of sp³-hybridized carbons (Fsp3) is 0.571. The third-order valence-corrected chi connectivity index (χ3v) is 5.61. The predicted molar refractivity (Wildman–Crippen MR) is 99.1 cm³/mol. The highest BCUT2D eigenvalue weighted by Gasteiger charge is 2.21. The van der Waals surface area contributed by atoms with Gasteiger partial charge in [-0.3, -0.25) is 9.58 Å². The van der Waals surface area contributed by atoms with Crippen molar-refractivity contribution in [3.8, 4) is 11.3 Å². The summed E-state index contributed by atoms with van der Waals surface area (Å²) in [7, 11) is 0. The fourth-order valence-corrected chi connectivity index (χ4v) is 4.30. The van der Waals surface area contributed by atoms with Crippen LogP contribution in [0.1, 0.15) is 55.8 Å². The van der Waals surface area contributed by atoms with Crippen LogP contribution in [0.2, 0.25) is 0 Å². The molecule has 0 bridgehead atoms. The summed E-state index contributed by atoms with van der Waals surface area (Å²) in [6, 6.07) is 9.28. The van der Waals surface area contributed by atoms with Gasteiger partial charge in [0.2, 0.25) is 0 Å². The highest BCUT2D eigenvalue weighted by Crippen LogP contribution is 2.32. The minimum Gasteiger partial charge on any atom is -0.299 e. The largest absolute Gasteiger partial charge is 0.299 e. The van der Waals surface area contributed by atoms with Gasteiger partial charge in [-0.1, -0.05) is 30.7 Å². The lowest BCUT2D eigenvalue weighted by Crippen LogP contribution is -2.29. The van der Waals surface area contributed by atoms with E-state index in [1.165, 1.54) is 79.7 Å². The first kappa shape index (κ1) is 15.9. The third-order valence-electron chi connectivity index (χ3n) is 5.61. The minimum absolute atomic E-state index is 0.956. The number of hydrogen-bond donors (Lipinski definition) is 0. The van der Waals surface area contributed by atoms with E-state index < -0.39 is 0 Å². The normalized spacial score (nSPS) is 18.5. The van der Waals surface area contributed by atoms with Crippen LogP contribution in [-0.2, 0) is 25.9 Å². The molecule has 24 heavy (non-hydrogen) atoms. The molecule has 1 saturated heterocycles.